The summed E-state index contributed by atoms with van der Waals surface area (Å²) in [5.74, 6) is -0.883. The van der Waals surface area contributed by atoms with E-state index in [4.69, 9.17) is 8.92 Å². The van der Waals surface area contributed by atoms with E-state index < -0.39 is 27.3 Å². The van der Waals surface area contributed by atoms with Crippen LogP contribution in [0.25, 0.3) is 22.3 Å². The summed E-state index contributed by atoms with van der Waals surface area (Å²) in [6.07, 6.45) is 1.91. The first kappa shape index (κ1) is 29.6. The first-order valence-corrected chi connectivity index (χ1v) is 14.5. The lowest BCUT2D eigenvalue weighted by Gasteiger charge is -2.42. The molecule has 0 atom stereocenters. The van der Waals surface area contributed by atoms with Crippen molar-refractivity contribution < 1.29 is 35.3 Å². The summed E-state index contributed by atoms with van der Waals surface area (Å²) in [5.41, 5.74) is -0.382. The van der Waals surface area contributed by atoms with E-state index in [1.807, 2.05) is 13.0 Å². The maximum atomic E-state index is 13.3. The zero-order valence-electron chi connectivity index (χ0n) is 23.4. The molecule has 9 heteroatoms. The van der Waals surface area contributed by atoms with Crippen molar-refractivity contribution in [3.63, 3.8) is 0 Å². The quantitative estimate of drug-likeness (QED) is 0.169. The van der Waals surface area contributed by atoms with Gasteiger partial charge in [0.25, 0.3) is 0 Å². The second kappa shape index (κ2) is 10.3. The van der Waals surface area contributed by atoms with Crippen molar-refractivity contribution in [2.45, 2.75) is 70.7 Å². The monoisotopic (exact) mass is 574 g/mol. The molecule has 1 aliphatic rings. The van der Waals surface area contributed by atoms with E-state index in [-0.39, 0.29) is 23.0 Å². The van der Waals surface area contributed by atoms with E-state index in [0.717, 1.165) is 24.0 Å². The fourth-order valence-corrected chi connectivity index (χ4v) is 5.66. The number of hydrogen-bond donors (Lipinski definition) is 0. The number of benzene rings is 3. The molecule has 40 heavy (non-hydrogen) atoms. The molecule has 4 rings (SSSR count). The Morgan fingerprint density at radius 1 is 0.850 bits per heavy atom. The van der Waals surface area contributed by atoms with Crippen LogP contribution in [0.15, 0.2) is 54.6 Å². The Hall–Kier alpha value is -3.33. The van der Waals surface area contributed by atoms with E-state index in [1.165, 1.54) is 17.7 Å². The lowest BCUT2D eigenvalue weighted by molar-refractivity contribution is -0.0499. The minimum atomic E-state index is -5.90. The van der Waals surface area contributed by atoms with Crippen LogP contribution >= 0.6 is 0 Å². The van der Waals surface area contributed by atoms with Gasteiger partial charge in [0.1, 0.15) is 0 Å². The maximum Gasteiger partial charge on any atom is 0.534 e. The van der Waals surface area contributed by atoms with Crippen LogP contribution in [-0.4, -0.2) is 26.5 Å². The molecule has 0 heterocycles. The van der Waals surface area contributed by atoms with Crippen molar-refractivity contribution in [1.29, 1.82) is 0 Å². The van der Waals surface area contributed by atoms with Gasteiger partial charge in [-0.15, -0.1) is 0 Å². The summed E-state index contributed by atoms with van der Waals surface area (Å²) in [6, 6.07) is 15.0. The molecule has 0 aromatic heterocycles. The molecule has 0 saturated heterocycles. The number of alkyl halides is 3. The van der Waals surface area contributed by atoms with E-state index in [9.17, 15) is 26.4 Å². The molecule has 214 valence electrons. The van der Waals surface area contributed by atoms with Crippen LogP contribution in [0.3, 0.4) is 0 Å². The van der Waals surface area contributed by atoms with Crippen molar-refractivity contribution >= 4 is 16.1 Å². The van der Waals surface area contributed by atoms with Gasteiger partial charge in [-0.05, 0) is 101 Å². The van der Waals surface area contributed by atoms with Crippen molar-refractivity contribution in [3.05, 3.63) is 76.9 Å². The highest BCUT2D eigenvalue weighted by atomic mass is 32.2. The number of halogens is 3. The third-order valence-corrected chi connectivity index (χ3v) is 8.65. The second-order valence-electron chi connectivity index (χ2n) is 11.5. The standard InChI is InChI=1S/C31H33F3O5S/c1-7-38-28(35)21-10-8-20(9-11-21)22-12-13-27(39-40(36,37)31(32,33)34)24(17-22)23-18-26-25(16-19(23)2)29(3,4)14-15-30(26,5)6/h8-13,16-18H,7,14-15H2,1-6H3. The van der Waals surface area contributed by atoms with Gasteiger partial charge in [0.2, 0.25) is 0 Å². The van der Waals surface area contributed by atoms with Crippen molar-refractivity contribution in [3.8, 4) is 28.0 Å². The number of fused-ring (bicyclic) bond motifs is 1. The van der Waals surface area contributed by atoms with Crippen LogP contribution in [0.1, 0.15) is 74.5 Å². The summed E-state index contributed by atoms with van der Waals surface area (Å²) < 4.78 is 73.7. The highest BCUT2D eigenvalue weighted by Gasteiger charge is 2.49. The highest BCUT2D eigenvalue weighted by molar-refractivity contribution is 7.88. The molecule has 0 unspecified atom stereocenters. The molecule has 0 bridgehead atoms. The molecule has 0 spiro atoms. The van der Waals surface area contributed by atoms with Gasteiger partial charge in [-0.1, -0.05) is 52.0 Å². The van der Waals surface area contributed by atoms with Crippen LogP contribution in [0.4, 0.5) is 13.2 Å². The normalized spacial score (nSPS) is 16.2. The molecule has 0 radical (unpaired) electrons. The van der Waals surface area contributed by atoms with E-state index in [0.29, 0.717) is 22.3 Å². The number of hydrogen-bond acceptors (Lipinski definition) is 5. The van der Waals surface area contributed by atoms with Gasteiger partial charge in [0, 0.05) is 5.56 Å². The van der Waals surface area contributed by atoms with Gasteiger partial charge in [0.05, 0.1) is 12.2 Å². The molecule has 0 fully saturated rings. The third kappa shape index (κ3) is 5.61. The molecule has 3 aromatic carbocycles. The molecule has 0 amide bonds. The lowest BCUT2D eigenvalue weighted by atomic mass is 9.62. The Kier molecular flexibility index (Phi) is 7.60. The van der Waals surface area contributed by atoms with Crippen LogP contribution in [0.2, 0.25) is 0 Å². The lowest BCUT2D eigenvalue weighted by Crippen LogP contribution is -2.34. The Labute approximate surface area is 233 Å². The first-order valence-electron chi connectivity index (χ1n) is 13.1. The highest BCUT2D eigenvalue weighted by Crippen LogP contribution is 2.49. The smallest absolute Gasteiger partial charge is 0.462 e. The molecule has 0 aliphatic heterocycles. The molecule has 0 saturated carbocycles. The fraction of sp³-hybridized carbons (Fsp3) is 0.387. The summed E-state index contributed by atoms with van der Waals surface area (Å²) in [4.78, 5) is 12.1. The number of aryl methyl sites for hydroxylation is 1. The minimum Gasteiger partial charge on any atom is -0.462 e. The van der Waals surface area contributed by atoms with E-state index >= 15 is 0 Å². The number of rotatable bonds is 6. The van der Waals surface area contributed by atoms with Crippen LogP contribution in [0.5, 0.6) is 5.75 Å². The predicted molar refractivity (Wildman–Crippen MR) is 149 cm³/mol. The molecule has 5 nitrogen and oxygen atoms in total. The average molecular weight is 575 g/mol. The van der Waals surface area contributed by atoms with Crippen LogP contribution < -0.4 is 4.18 Å². The number of carbonyl (C=O) groups is 1. The summed E-state index contributed by atoms with van der Waals surface area (Å²) in [6.45, 7) is 12.4. The largest absolute Gasteiger partial charge is 0.534 e. The topological polar surface area (TPSA) is 69.7 Å². The zero-order valence-corrected chi connectivity index (χ0v) is 24.2. The molecular formula is C31H33F3O5S. The summed E-state index contributed by atoms with van der Waals surface area (Å²) >= 11 is 0. The van der Waals surface area contributed by atoms with Crippen LogP contribution in [0, 0.1) is 6.92 Å². The van der Waals surface area contributed by atoms with Gasteiger partial charge in [-0.3, -0.25) is 0 Å². The van der Waals surface area contributed by atoms with Gasteiger partial charge in [-0.2, -0.15) is 21.6 Å². The average Bonchev–Trinajstić information content (AvgIpc) is 2.86. The Bertz CT molecular complexity index is 1550. The molecule has 1 aliphatic carbocycles. The SMILES string of the molecule is CCOC(=O)c1ccc(-c2ccc(OS(=O)(=O)C(F)(F)F)c(-c3cc4c(cc3C)C(C)(C)CCC4(C)C)c2)cc1. The van der Waals surface area contributed by atoms with Gasteiger partial charge < -0.3 is 8.92 Å². The van der Waals surface area contributed by atoms with Crippen molar-refractivity contribution in [2.24, 2.45) is 0 Å². The van der Waals surface area contributed by atoms with Gasteiger partial charge >= 0.3 is 21.6 Å². The number of carbonyl (C=O) groups excluding carboxylic acids is 1. The molecular weight excluding hydrogens is 541 g/mol. The zero-order chi connectivity index (χ0) is 29.7. The van der Waals surface area contributed by atoms with Crippen molar-refractivity contribution in [1.82, 2.24) is 0 Å². The number of esters is 1. The Morgan fingerprint density at radius 3 is 1.95 bits per heavy atom. The van der Waals surface area contributed by atoms with E-state index in [1.54, 1.807) is 37.3 Å². The molecule has 0 N–H and O–H groups in total. The van der Waals surface area contributed by atoms with E-state index in [2.05, 4.69) is 33.8 Å². The first-order chi connectivity index (χ1) is 18.5. The Morgan fingerprint density at radius 2 is 1.40 bits per heavy atom. The Balaban J connectivity index is 1.91. The molecule has 3 aromatic rings. The predicted octanol–water partition coefficient (Wildman–Crippen LogP) is 8.08. The minimum absolute atomic E-state index is 0.0877. The number of ether oxygens (including phenoxy) is 1. The van der Waals surface area contributed by atoms with Gasteiger partial charge in [0.15, 0.2) is 5.75 Å². The van der Waals surface area contributed by atoms with Crippen LogP contribution in [-0.2, 0) is 25.7 Å². The second-order valence-corrected chi connectivity index (χ2v) is 13.0. The summed E-state index contributed by atoms with van der Waals surface area (Å²) in [7, 11) is -5.90. The van der Waals surface area contributed by atoms with Crippen molar-refractivity contribution in [2.75, 3.05) is 6.61 Å². The fourth-order valence-electron chi connectivity index (χ4n) is 5.18. The summed E-state index contributed by atoms with van der Waals surface area (Å²) in [5, 5.41) is 0. The van der Waals surface area contributed by atoms with Gasteiger partial charge in [-0.25, -0.2) is 4.79 Å². The third-order valence-electron chi connectivity index (χ3n) is 7.68. The maximum absolute atomic E-state index is 13.3.